The summed E-state index contributed by atoms with van der Waals surface area (Å²) in [6.45, 7) is 15.7. The molecule has 0 aromatic rings. The average Bonchev–Trinajstić information content (AvgIpc) is 3.09. The molecule has 0 aliphatic heterocycles. The zero-order valence-electron chi connectivity index (χ0n) is 22.0. The summed E-state index contributed by atoms with van der Waals surface area (Å²) in [6, 6.07) is 0. The van der Waals surface area contributed by atoms with E-state index < -0.39 is 0 Å². The van der Waals surface area contributed by atoms with E-state index in [1.165, 1.54) is 31.8 Å². The second-order valence-corrected chi connectivity index (χ2v) is 12.8. The first-order valence-electron chi connectivity index (χ1n) is 13.6. The summed E-state index contributed by atoms with van der Waals surface area (Å²) in [5.74, 6) is 3.82. The van der Waals surface area contributed by atoms with Crippen molar-refractivity contribution in [2.24, 2.45) is 52.3 Å². The first-order chi connectivity index (χ1) is 15.5. The number of rotatable bonds is 5. The molecule has 0 bridgehead atoms. The predicted molar refractivity (Wildman–Crippen MR) is 133 cm³/mol. The number of ether oxygens (including phenoxy) is 1. The number of hydrogen-bond acceptors (Lipinski definition) is 3. The molecule has 0 spiro atoms. The van der Waals surface area contributed by atoms with E-state index in [0.29, 0.717) is 41.3 Å². The smallest absolute Gasteiger partial charge is 0.302 e. The van der Waals surface area contributed by atoms with E-state index in [1.54, 1.807) is 0 Å². The molecule has 4 rings (SSSR count). The number of allylic oxidation sites excluding steroid dienone is 3. The van der Waals surface area contributed by atoms with Gasteiger partial charge in [-0.2, -0.15) is 0 Å². The zero-order valence-corrected chi connectivity index (χ0v) is 22.0. The first-order valence-corrected chi connectivity index (χ1v) is 13.6. The van der Waals surface area contributed by atoms with Gasteiger partial charge in [0.05, 0.1) is 0 Å². The lowest BCUT2D eigenvalue weighted by molar-refractivity contribution is -0.149. The fraction of sp³-hybridized carbons (Fsp3) is 0.800. The first kappa shape index (κ1) is 24.7. The van der Waals surface area contributed by atoms with Gasteiger partial charge in [-0.1, -0.05) is 59.3 Å². The predicted octanol–water partition coefficient (Wildman–Crippen LogP) is 7.16. The normalized spacial score (nSPS) is 42.4. The molecule has 0 saturated heterocycles. The summed E-state index contributed by atoms with van der Waals surface area (Å²) in [4.78, 5) is 25.1. The Bertz CT molecular complexity index is 837. The van der Waals surface area contributed by atoms with Crippen LogP contribution < -0.4 is 0 Å². The highest BCUT2D eigenvalue weighted by atomic mass is 16.5. The van der Waals surface area contributed by atoms with E-state index in [2.05, 4.69) is 53.7 Å². The molecule has 1 unspecified atom stereocenters. The van der Waals surface area contributed by atoms with Crippen LogP contribution in [0.5, 0.6) is 0 Å². The third-order valence-corrected chi connectivity index (χ3v) is 10.7. The van der Waals surface area contributed by atoms with Crippen molar-refractivity contribution in [2.45, 2.75) is 99.5 Å². The maximum absolute atomic E-state index is 13.6. The molecule has 3 heteroatoms. The van der Waals surface area contributed by atoms with Crippen LogP contribution in [0.15, 0.2) is 23.8 Å². The molecule has 0 N–H and O–H groups in total. The molecule has 0 amide bonds. The van der Waals surface area contributed by atoms with Gasteiger partial charge in [-0.3, -0.25) is 9.59 Å². The van der Waals surface area contributed by atoms with Crippen LogP contribution in [-0.2, 0) is 14.3 Å². The van der Waals surface area contributed by atoms with Gasteiger partial charge >= 0.3 is 5.97 Å². The van der Waals surface area contributed by atoms with Gasteiger partial charge in [-0.25, -0.2) is 0 Å². The lowest BCUT2D eigenvalue weighted by Gasteiger charge is -2.57. The van der Waals surface area contributed by atoms with Crippen LogP contribution >= 0.6 is 0 Å². The molecule has 9 atom stereocenters. The Hall–Kier alpha value is -1.38. The topological polar surface area (TPSA) is 43.4 Å². The molecule has 0 heterocycles. The molecule has 0 aromatic heterocycles. The molecular weight excluding hydrogens is 408 g/mol. The summed E-state index contributed by atoms with van der Waals surface area (Å²) in [5.41, 5.74) is 1.61. The SMILES string of the molecule is CC(=O)OC1CC[C@@]2(C)C(=CC(=O)[C@H]3[C@@H]4CC[C@H]([C@H](C)C=C[C@H](C)C(C)C)[C@@]4(C)CC[C@@H]32)C1. The van der Waals surface area contributed by atoms with E-state index in [1.807, 2.05) is 6.08 Å². The largest absolute Gasteiger partial charge is 0.462 e. The Labute approximate surface area is 201 Å². The van der Waals surface area contributed by atoms with Crippen molar-refractivity contribution in [3.8, 4) is 0 Å². The molecule has 3 nitrogen and oxygen atoms in total. The van der Waals surface area contributed by atoms with E-state index >= 15 is 0 Å². The molecule has 0 radical (unpaired) electrons. The van der Waals surface area contributed by atoms with Gasteiger partial charge in [-0.15, -0.1) is 0 Å². The van der Waals surface area contributed by atoms with Crippen LogP contribution in [-0.4, -0.2) is 17.9 Å². The maximum Gasteiger partial charge on any atom is 0.302 e. The highest BCUT2D eigenvalue weighted by molar-refractivity contribution is 5.94. The van der Waals surface area contributed by atoms with E-state index in [4.69, 9.17) is 4.74 Å². The Morgan fingerprint density at radius 2 is 1.76 bits per heavy atom. The van der Waals surface area contributed by atoms with Crippen LogP contribution in [0, 0.1) is 52.3 Å². The van der Waals surface area contributed by atoms with Gasteiger partial charge in [0.2, 0.25) is 0 Å². The van der Waals surface area contributed by atoms with Crippen LogP contribution in [0.2, 0.25) is 0 Å². The van der Waals surface area contributed by atoms with Crippen molar-refractivity contribution >= 4 is 11.8 Å². The van der Waals surface area contributed by atoms with E-state index in [0.717, 1.165) is 25.7 Å². The summed E-state index contributed by atoms with van der Waals surface area (Å²) in [6.07, 6.45) is 14.4. The Morgan fingerprint density at radius 3 is 2.42 bits per heavy atom. The summed E-state index contributed by atoms with van der Waals surface area (Å²) >= 11 is 0. The molecule has 4 aliphatic carbocycles. The van der Waals surface area contributed by atoms with Gasteiger partial charge in [0, 0.05) is 19.3 Å². The quantitative estimate of drug-likeness (QED) is 0.327. The van der Waals surface area contributed by atoms with Crippen molar-refractivity contribution < 1.29 is 14.3 Å². The molecule has 4 aliphatic rings. The van der Waals surface area contributed by atoms with E-state index in [9.17, 15) is 9.59 Å². The molecule has 3 saturated carbocycles. The highest BCUT2D eigenvalue weighted by Crippen LogP contribution is 2.66. The van der Waals surface area contributed by atoms with Crippen molar-refractivity contribution in [3.05, 3.63) is 23.8 Å². The lowest BCUT2D eigenvalue weighted by Crippen LogP contribution is -2.53. The maximum atomic E-state index is 13.6. The number of esters is 1. The number of fused-ring (bicyclic) bond motifs is 5. The second-order valence-electron chi connectivity index (χ2n) is 12.8. The highest BCUT2D eigenvalue weighted by Gasteiger charge is 2.61. The van der Waals surface area contributed by atoms with Crippen molar-refractivity contribution in [3.63, 3.8) is 0 Å². The summed E-state index contributed by atoms with van der Waals surface area (Å²) in [5, 5.41) is 0. The minimum atomic E-state index is -0.208. The Balaban J connectivity index is 1.55. The van der Waals surface area contributed by atoms with Crippen molar-refractivity contribution in [1.29, 1.82) is 0 Å². The zero-order chi connectivity index (χ0) is 24.1. The van der Waals surface area contributed by atoms with Gasteiger partial charge in [0.15, 0.2) is 5.78 Å². The van der Waals surface area contributed by atoms with E-state index in [-0.39, 0.29) is 28.8 Å². The van der Waals surface area contributed by atoms with Crippen LogP contribution in [0.1, 0.15) is 93.4 Å². The fourth-order valence-corrected chi connectivity index (χ4v) is 8.31. The Morgan fingerprint density at radius 1 is 1.03 bits per heavy atom. The van der Waals surface area contributed by atoms with Gasteiger partial charge in [0.25, 0.3) is 0 Å². The molecule has 184 valence electrons. The number of carbonyl (C=O) groups excluding carboxylic acids is 2. The minimum Gasteiger partial charge on any atom is -0.462 e. The monoisotopic (exact) mass is 454 g/mol. The summed E-state index contributed by atoms with van der Waals surface area (Å²) in [7, 11) is 0. The average molecular weight is 455 g/mol. The van der Waals surface area contributed by atoms with Crippen molar-refractivity contribution in [2.75, 3.05) is 0 Å². The molecular formula is C30H46O3. The lowest BCUT2D eigenvalue weighted by atomic mass is 9.46. The van der Waals surface area contributed by atoms with Crippen LogP contribution in [0.3, 0.4) is 0 Å². The number of carbonyl (C=O) groups is 2. The number of ketones is 1. The third-order valence-electron chi connectivity index (χ3n) is 10.7. The van der Waals surface area contributed by atoms with Gasteiger partial charge in [0.1, 0.15) is 6.10 Å². The van der Waals surface area contributed by atoms with Crippen molar-refractivity contribution in [1.82, 2.24) is 0 Å². The molecule has 33 heavy (non-hydrogen) atoms. The standard InChI is InChI=1S/C30H46O3/c1-18(2)19(3)8-9-20(4)24-10-11-25-28-26(13-15-30(24,25)7)29(6)14-12-23(33-21(5)31)16-22(29)17-27(28)32/h8-9,17-20,23-26,28H,10-16H2,1-7H3/t19-,20+,23?,24+,25-,26-,28-,29-,30+/m0/s1. The molecule has 0 aromatic carbocycles. The second kappa shape index (κ2) is 9.00. The minimum absolute atomic E-state index is 0.0586. The Kier molecular flexibility index (Phi) is 6.75. The number of hydrogen-bond donors (Lipinski definition) is 0. The molecule has 3 fully saturated rings. The van der Waals surface area contributed by atoms with Crippen LogP contribution in [0.4, 0.5) is 0 Å². The van der Waals surface area contributed by atoms with Gasteiger partial charge in [-0.05, 0) is 90.9 Å². The summed E-state index contributed by atoms with van der Waals surface area (Å²) < 4.78 is 5.54. The van der Waals surface area contributed by atoms with Crippen LogP contribution in [0.25, 0.3) is 0 Å². The third kappa shape index (κ3) is 4.27. The fourth-order valence-electron chi connectivity index (χ4n) is 8.31. The van der Waals surface area contributed by atoms with Gasteiger partial charge < -0.3 is 4.74 Å².